The Kier molecular flexibility index (Phi) is 5.73. The lowest BCUT2D eigenvalue weighted by Crippen LogP contribution is -2.28. The van der Waals surface area contributed by atoms with Crippen molar-refractivity contribution in [1.29, 1.82) is 0 Å². The van der Waals surface area contributed by atoms with Crippen molar-refractivity contribution < 1.29 is 17.5 Å². The highest BCUT2D eigenvalue weighted by atomic mass is 79.9. The van der Waals surface area contributed by atoms with E-state index in [1.165, 1.54) is 12.1 Å². The van der Waals surface area contributed by atoms with Crippen LogP contribution in [0.5, 0.6) is 0 Å². The molecule has 0 aromatic heterocycles. The fourth-order valence-electron chi connectivity index (χ4n) is 2.27. The van der Waals surface area contributed by atoms with Crippen molar-refractivity contribution >= 4 is 26.0 Å². The number of hydrogen-bond donors (Lipinski definition) is 2. The van der Waals surface area contributed by atoms with Crippen molar-refractivity contribution in [3.8, 4) is 0 Å². The highest BCUT2D eigenvalue weighted by Gasteiger charge is 2.23. The van der Waals surface area contributed by atoms with Crippen LogP contribution in [0.15, 0.2) is 21.5 Å². The van der Waals surface area contributed by atoms with Gasteiger partial charge in [-0.2, -0.15) is 0 Å². The Morgan fingerprint density at radius 3 is 2.86 bits per heavy atom. The van der Waals surface area contributed by atoms with E-state index in [0.29, 0.717) is 10.9 Å². The average Bonchev–Trinajstić information content (AvgIpc) is 2.93. The summed E-state index contributed by atoms with van der Waals surface area (Å²) in [6.07, 6.45) is 2.60. The third-order valence-corrected chi connectivity index (χ3v) is 5.29. The van der Waals surface area contributed by atoms with Crippen LogP contribution in [0.25, 0.3) is 0 Å². The molecule has 0 radical (unpaired) electrons. The number of benzene rings is 1. The molecule has 8 heteroatoms. The summed E-state index contributed by atoms with van der Waals surface area (Å²) >= 11 is 3.17. The summed E-state index contributed by atoms with van der Waals surface area (Å²) in [5.74, 6) is -0.801. The fraction of sp³-hybridized carbons (Fsp3) is 0.538. The predicted molar refractivity (Wildman–Crippen MR) is 80.8 cm³/mol. The zero-order valence-electron chi connectivity index (χ0n) is 11.4. The molecule has 0 aliphatic carbocycles. The van der Waals surface area contributed by atoms with Gasteiger partial charge in [-0.1, -0.05) is 15.9 Å². The van der Waals surface area contributed by atoms with E-state index in [1.807, 2.05) is 0 Å². The van der Waals surface area contributed by atoms with Crippen molar-refractivity contribution in [3.63, 3.8) is 0 Å². The van der Waals surface area contributed by atoms with E-state index in [0.717, 1.165) is 19.4 Å². The molecule has 1 heterocycles. The topological polar surface area (TPSA) is 81.4 Å². The molecule has 1 aliphatic rings. The third-order valence-electron chi connectivity index (χ3n) is 3.37. The minimum atomic E-state index is -3.90. The van der Waals surface area contributed by atoms with Crippen LogP contribution in [0, 0.1) is 5.82 Å². The van der Waals surface area contributed by atoms with Gasteiger partial charge in [-0.15, -0.1) is 0 Å². The number of halogens is 2. The van der Waals surface area contributed by atoms with Gasteiger partial charge in [0.1, 0.15) is 10.7 Å². The molecule has 1 aromatic carbocycles. The van der Waals surface area contributed by atoms with E-state index in [9.17, 15) is 12.8 Å². The van der Waals surface area contributed by atoms with Crippen LogP contribution >= 0.6 is 15.9 Å². The summed E-state index contributed by atoms with van der Waals surface area (Å²) in [5.41, 5.74) is 5.58. The first-order valence-electron chi connectivity index (χ1n) is 6.73. The standard InChI is InChI=1S/C13H18BrFN2O3S/c14-10-6-9(8-16)13(15)12(7-10)21(18,19)17-4-3-11-2-1-5-20-11/h6-7,11,17H,1-5,8,16H2. The molecule has 0 amide bonds. The number of nitrogens with two attached hydrogens (primary N) is 1. The Balaban J connectivity index is 2.09. The van der Waals surface area contributed by atoms with E-state index < -0.39 is 15.8 Å². The first kappa shape index (κ1) is 16.8. The van der Waals surface area contributed by atoms with E-state index in [-0.39, 0.29) is 29.7 Å². The van der Waals surface area contributed by atoms with Crippen LogP contribution in [-0.2, 0) is 21.3 Å². The predicted octanol–water partition coefficient (Wildman–Crippen LogP) is 1.89. The van der Waals surface area contributed by atoms with Gasteiger partial charge in [0.05, 0.1) is 6.10 Å². The van der Waals surface area contributed by atoms with Gasteiger partial charge in [0.25, 0.3) is 0 Å². The Hall–Kier alpha value is -0.540. The Bertz CT molecular complexity index is 604. The monoisotopic (exact) mass is 380 g/mol. The molecule has 1 saturated heterocycles. The largest absolute Gasteiger partial charge is 0.378 e. The maximum atomic E-state index is 14.1. The molecule has 2 rings (SSSR count). The van der Waals surface area contributed by atoms with E-state index in [2.05, 4.69) is 20.7 Å². The Morgan fingerprint density at radius 2 is 2.24 bits per heavy atom. The summed E-state index contributed by atoms with van der Waals surface area (Å²) in [7, 11) is -3.90. The summed E-state index contributed by atoms with van der Waals surface area (Å²) in [6, 6.07) is 2.71. The molecule has 118 valence electrons. The summed E-state index contributed by atoms with van der Waals surface area (Å²) in [5, 5.41) is 0. The minimum absolute atomic E-state index is 0.0658. The lowest BCUT2D eigenvalue weighted by molar-refractivity contribution is 0.105. The number of sulfonamides is 1. The van der Waals surface area contributed by atoms with E-state index in [1.54, 1.807) is 0 Å². The molecule has 1 fully saturated rings. The van der Waals surface area contributed by atoms with Gasteiger partial charge >= 0.3 is 0 Å². The van der Waals surface area contributed by atoms with Crippen LogP contribution in [0.4, 0.5) is 4.39 Å². The maximum absolute atomic E-state index is 14.1. The first-order chi connectivity index (χ1) is 9.94. The second-order valence-corrected chi connectivity index (χ2v) is 7.55. The highest BCUT2D eigenvalue weighted by Crippen LogP contribution is 2.24. The molecular weight excluding hydrogens is 363 g/mol. The van der Waals surface area contributed by atoms with Crippen molar-refractivity contribution in [1.82, 2.24) is 4.72 Å². The smallest absolute Gasteiger partial charge is 0.243 e. The van der Waals surface area contributed by atoms with Gasteiger partial charge in [0, 0.05) is 29.7 Å². The van der Waals surface area contributed by atoms with E-state index >= 15 is 0 Å². The van der Waals surface area contributed by atoms with Gasteiger partial charge in [-0.3, -0.25) is 0 Å². The van der Waals surface area contributed by atoms with Gasteiger partial charge in [-0.25, -0.2) is 17.5 Å². The zero-order chi connectivity index (χ0) is 15.5. The number of nitrogens with one attached hydrogen (secondary N) is 1. The quantitative estimate of drug-likeness (QED) is 0.789. The van der Waals surface area contributed by atoms with Gasteiger partial charge in [-0.05, 0) is 31.4 Å². The Labute approximate surface area is 132 Å². The molecule has 0 spiro atoms. The molecule has 3 N–H and O–H groups in total. The zero-order valence-corrected chi connectivity index (χ0v) is 13.8. The highest BCUT2D eigenvalue weighted by molar-refractivity contribution is 9.10. The normalized spacial score (nSPS) is 19.1. The second kappa shape index (κ2) is 7.15. The van der Waals surface area contributed by atoms with Gasteiger partial charge in [0.15, 0.2) is 0 Å². The molecular formula is C13H18BrFN2O3S. The maximum Gasteiger partial charge on any atom is 0.243 e. The van der Waals surface area contributed by atoms with Crippen LogP contribution in [0.1, 0.15) is 24.8 Å². The number of rotatable bonds is 6. The third kappa shape index (κ3) is 4.23. The van der Waals surface area contributed by atoms with Crippen LogP contribution in [-0.4, -0.2) is 27.7 Å². The lowest BCUT2D eigenvalue weighted by Gasteiger charge is -2.12. The molecule has 1 aromatic rings. The second-order valence-electron chi connectivity index (χ2n) is 4.90. The van der Waals surface area contributed by atoms with Crippen LogP contribution in [0.3, 0.4) is 0 Å². The molecule has 5 nitrogen and oxygen atoms in total. The molecule has 1 aliphatic heterocycles. The number of hydrogen-bond acceptors (Lipinski definition) is 4. The molecule has 0 bridgehead atoms. The lowest BCUT2D eigenvalue weighted by atomic mass is 10.2. The van der Waals surface area contributed by atoms with Crippen LogP contribution in [0.2, 0.25) is 0 Å². The van der Waals surface area contributed by atoms with Crippen molar-refractivity contribution in [3.05, 3.63) is 28.0 Å². The Morgan fingerprint density at radius 1 is 1.48 bits per heavy atom. The van der Waals surface area contributed by atoms with Crippen molar-refractivity contribution in [2.75, 3.05) is 13.2 Å². The minimum Gasteiger partial charge on any atom is -0.378 e. The van der Waals surface area contributed by atoms with E-state index in [4.69, 9.17) is 10.5 Å². The summed E-state index contributed by atoms with van der Waals surface area (Å²) in [4.78, 5) is -0.385. The van der Waals surface area contributed by atoms with Crippen molar-refractivity contribution in [2.45, 2.75) is 36.8 Å². The summed E-state index contributed by atoms with van der Waals surface area (Å²) in [6.45, 7) is 0.873. The SMILES string of the molecule is NCc1cc(Br)cc(S(=O)(=O)NCCC2CCCO2)c1F. The molecule has 1 unspecified atom stereocenters. The molecule has 21 heavy (non-hydrogen) atoms. The fourth-order valence-corrected chi connectivity index (χ4v) is 4.11. The van der Waals surface area contributed by atoms with Crippen molar-refractivity contribution in [2.24, 2.45) is 5.73 Å². The summed E-state index contributed by atoms with van der Waals surface area (Å²) < 4.78 is 46.8. The average molecular weight is 381 g/mol. The number of ether oxygens (including phenoxy) is 1. The molecule has 1 atom stereocenters. The van der Waals surface area contributed by atoms with Gasteiger partial charge < -0.3 is 10.5 Å². The molecule has 0 saturated carbocycles. The first-order valence-corrected chi connectivity index (χ1v) is 9.01. The van der Waals surface area contributed by atoms with Gasteiger partial charge in [0.2, 0.25) is 10.0 Å². The van der Waals surface area contributed by atoms with Crippen LogP contribution < -0.4 is 10.5 Å².